The monoisotopic (exact) mass is 439 g/mol. The molecule has 1 fully saturated rings. The molecule has 2 heterocycles. The van der Waals surface area contributed by atoms with Crippen LogP contribution in [0.15, 0.2) is 72.8 Å². The molecule has 3 amide bonds. The van der Waals surface area contributed by atoms with Crippen molar-refractivity contribution < 1.29 is 9.59 Å². The van der Waals surface area contributed by atoms with Crippen LogP contribution in [0.3, 0.4) is 0 Å². The molecule has 1 atom stereocenters. The first-order valence-electron chi connectivity index (χ1n) is 11.0. The highest BCUT2D eigenvalue weighted by molar-refractivity contribution is 5.98. The van der Waals surface area contributed by atoms with Crippen LogP contribution in [-0.4, -0.2) is 35.0 Å². The number of urea groups is 1. The van der Waals surface area contributed by atoms with Crippen molar-refractivity contribution in [1.29, 1.82) is 0 Å². The third-order valence-electron chi connectivity index (χ3n) is 5.93. The van der Waals surface area contributed by atoms with Crippen molar-refractivity contribution in [3.8, 4) is 0 Å². The quantitative estimate of drug-likeness (QED) is 0.422. The Balaban J connectivity index is 1.41. The Morgan fingerprint density at radius 2 is 1.88 bits per heavy atom. The van der Waals surface area contributed by atoms with Crippen molar-refractivity contribution in [2.24, 2.45) is 0 Å². The van der Waals surface area contributed by atoms with E-state index in [0.717, 1.165) is 33.7 Å². The van der Waals surface area contributed by atoms with Crippen molar-refractivity contribution in [2.75, 3.05) is 18.0 Å². The van der Waals surface area contributed by atoms with E-state index in [1.807, 2.05) is 73.7 Å². The van der Waals surface area contributed by atoms with Gasteiger partial charge in [-0.05, 0) is 54.8 Å². The summed E-state index contributed by atoms with van der Waals surface area (Å²) in [7, 11) is 0. The van der Waals surface area contributed by atoms with E-state index in [2.05, 4.69) is 15.6 Å². The Morgan fingerprint density at radius 1 is 1.09 bits per heavy atom. The zero-order valence-electron chi connectivity index (χ0n) is 18.3. The number of nitrogens with zero attached hydrogens (tertiary/aromatic N) is 2. The molecule has 1 saturated heterocycles. The minimum Gasteiger partial charge on any atom is -0.342 e. The van der Waals surface area contributed by atoms with Gasteiger partial charge >= 0.3 is 6.03 Å². The van der Waals surface area contributed by atoms with E-state index in [0.29, 0.717) is 25.1 Å². The molecule has 1 aliphatic rings. The molecule has 1 aliphatic heterocycles. The maximum atomic E-state index is 13.2. The fraction of sp³-hybridized carbons (Fsp3) is 0.192. The summed E-state index contributed by atoms with van der Waals surface area (Å²) in [5.41, 5.74) is 5.15. The first kappa shape index (κ1) is 20.8. The molecular formula is C26H25N5O2. The van der Waals surface area contributed by atoms with E-state index in [-0.39, 0.29) is 18.0 Å². The normalized spacial score (nSPS) is 14.3. The lowest BCUT2D eigenvalue weighted by molar-refractivity contribution is 0.0935. The predicted molar refractivity (Wildman–Crippen MR) is 128 cm³/mol. The maximum absolute atomic E-state index is 13.2. The Bertz CT molecular complexity index is 1280. The Morgan fingerprint density at radius 3 is 2.61 bits per heavy atom. The van der Waals surface area contributed by atoms with E-state index in [1.165, 1.54) is 0 Å². The van der Waals surface area contributed by atoms with Crippen LogP contribution in [0.2, 0.25) is 0 Å². The van der Waals surface area contributed by atoms with Crippen LogP contribution in [0, 0.1) is 6.92 Å². The van der Waals surface area contributed by atoms with Crippen molar-refractivity contribution in [3.63, 3.8) is 0 Å². The van der Waals surface area contributed by atoms with Crippen molar-refractivity contribution >= 4 is 28.7 Å². The Labute approximate surface area is 191 Å². The third kappa shape index (κ3) is 4.30. The molecule has 7 nitrogen and oxygen atoms in total. The van der Waals surface area contributed by atoms with Crippen molar-refractivity contribution in [1.82, 2.24) is 20.6 Å². The molecule has 3 aromatic carbocycles. The largest absolute Gasteiger partial charge is 0.342 e. The van der Waals surface area contributed by atoms with Gasteiger partial charge in [0, 0.05) is 24.3 Å². The molecule has 0 bridgehead atoms. The first-order valence-corrected chi connectivity index (χ1v) is 11.0. The zero-order chi connectivity index (χ0) is 22.8. The second kappa shape index (κ2) is 8.78. The highest BCUT2D eigenvalue weighted by Crippen LogP contribution is 2.24. The minimum absolute atomic E-state index is 0.108. The fourth-order valence-electron chi connectivity index (χ4n) is 4.25. The molecule has 0 aliphatic carbocycles. The summed E-state index contributed by atoms with van der Waals surface area (Å²) in [4.78, 5) is 35.0. The van der Waals surface area contributed by atoms with Gasteiger partial charge in [0.25, 0.3) is 5.91 Å². The van der Waals surface area contributed by atoms with Gasteiger partial charge in [-0.1, -0.05) is 42.5 Å². The van der Waals surface area contributed by atoms with Crippen LogP contribution in [0.5, 0.6) is 0 Å². The summed E-state index contributed by atoms with van der Waals surface area (Å²) in [6, 6.07) is 22.9. The number of hydrogen-bond donors (Lipinski definition) is 3. The van der Waals surface area contributed by atoms with Crippen molar-refractivity contribution in [2.45, 2.75) is 19.4 Å². The molecule has 166 valence electrons. The predicted octanol–water partition coefficient (Wildman–Crippen LogP) is 4.11. The number of fused-ring (bicyclic) bond motifs is 1. The molecule has 1 aromatic heterocycles. The van der Waals surface area contributed by atoms with Gasteiger partial charge in [-0.2, -0.15) is 0 Å². The van der Waals surface area contributed by atoms with E-state index in [9.17, 15) is 9.59 Å². The standard InChI is InChI=1S/C26H25N5O2/c1-17-15-19(11-12-23(17)31-14-13-27-26(31)33)25(32)30-22(16-18-7-3-2-4-8-18)24-28-20-9-5-6-10-21(20)29-24/h2-12,15,22H,13-14,16H2,1H3,(H,27,33)(H,28,29)(H,30,32)/t22-/m0/s1. The zero-order valence-corrected chi connectivity index (χ0v) is 18.3. The fourth-order valence-corrected chi connectivity index (χ4v) is 4.25. The van der Waals surface area contributed by atoms with Crippen molar-refractivity contribution in [3.05, 3.63) is 95.3 Å². The van der Waals surface area contributed by atoms with Crippen LogP contribution in [0.25, 0.3) is 11.0 Å². The molecule has 0 unspecified atom stereocenters. The lowest BCUT2D eigenvalue weighted by Crippen LogP contribution is -2.31. The Kier molecular flexibility index (Phi) is 5.52. The smallest absolute Gasteiger partial charge is 0.322 e. The number of H-pyrrole nitrogens is 1. The molecule has 33 heavy (non-hydrogen) atoms. The highest BCUT2D eigenvalue weighted by Gasteiger charge is 2.24. The minimum atomic E-state index is -0.323. The van der Waals surface area contributed by atoms with Crippen LogP contribution < -0.4 is 15.5 Å². The highest BCUT2D eigenvalue weighted by atomic mass is 16.2. The van der Waals surface area contributed by atoms with Gasteiger partial charge < -0.3 is 15.6 Å². The second-order valence-corrected chi connectivity index (χ2v) is 8.24. The number of aromatic amines is 1. The molecule has 5 rings (SSSR count). The molecule has 4 aromatic rings. The number of aryl methyl sites for hydroxylation is 1. The summed E-state index contributed by atoms with van der Waals surface area (Å²) in [5, 5.41) is 5.97. The number of rotatable bonds is 6. The van der Waals surface area contributed by atoms with Gasteiger partial charge in [0.15, 0.2) is 0 Å². The molecule has 3 N–H and O–H groups in total. The first-order chi connectivity index (χ1) is 16.1. The third-order valence-corrected chi connectivity index (χ3v) is 5.93. The van der Waals surface area contributed by atoms with Gasteiger partial charge in [-0.25, -0.2) is 9.78 Å². The lowest BCUT2D eigenvalue weighted by Gasteiger charge is -2.19. The van der Waals surface area contributed by atoms with Crippen LogP contribution in [0.1, 0.15) is 33.4 Å². The summed E-state index contributed by atoms with van der Waals surface area (Å²) >= 11 is 0. The number of hydrogen-bond acceptors (Lipinski definition) is 3. The molecule has 7 heteroatoms. The molecular weight excluding hydrogens is 414 g/mol. The number of benzene rings is 3. The number of nitrogens with one attached hydrogen (secondary N) is 3. The molecule has 0 saturated carbocycles. The maximum Gasteiger partial charge on any atom is 0.322 e. The van der Waals surface area contributed by atoms with Crippen LogP contribution in [0.4, 0.5) is 10.5 Å². The number of para-hydroxylation sites is 2. The summed E-state index contributed by atoms with van der Waals surface area (Å²) in [6.45, 7) is 3.16. The Hall–Kier alpha value is -4.13. The van der Waals surface area contributed by atoms with Gasteiger partial charge in [-0.3, -0.25) is 9.69 Å². The second-order valence-electron chi connectivity index (χ2n) is 8.24. The van der Waals surface area contributed by atoms with Gasteiger partial charge in [0.05, 0.1) is 17.1 Å². The van der Waals surface area contributed by atoms with Gasteiger partial charge in [0.2, 0.25) is 0 Å². The average molecular weight is 440 g/mol. The van der Waals surface area contributed by atoms with E-state index in [1.54, 1.807) is 11.0 Å². The van der Waals surface area contributed by atoms with Crippen LogP contribution >= 0.6 is 0 Å². The van der Waals surface area contributed by atoms with Gasteiger partial charge in [-0.15, -0.1) is 0 Å². The summed E-state index contributed by atoms with van der Waals surface area (Å²) in [5.74, 6) is 0.535. The topological polar surface area (TPSA) is 90.1 Å². The van der Waals surface area contributed by atoms with E-state index < -0.39 is 0 Å². The lowest BCUT2D eigenvalue weighted by atomic mass is 10.0. The molecule has 0 radical (unpaired) electrons. The van der Waals surface area contributed by atoms with Gasteiger partial charge in [0.1, 0.15) is 5.82 Å². The average Bonchev–Trinajstić information content (AvgIpc) is 3.45. The van der Waals surface area contributed by atoms with E-state index in [4.69, 9.17) is 4.98 Å². The summed E-state index contributed by atoms with van der Waals surface area (Å²) < 4.78 is 0. The molecule has 0 spiro atoms. The number of carbonyl (C=O) groups excluding carboxylic acids is 2. The summed E-state index contributed by atoms with van der Waals surface area (Å²) in [6.07, 6.45) is 0.609. The number of imidazole rings is 1. The van der Waals surface area contributed by atoms with E-state index >= 15 is 0 Å². The van der Waals surface area contributed by atoms with Crippen LogP contribution in [-0.2, 0) is 6.42 Å². The number of amides is 3. The number of aromatic nitrogens is 2. The SMILES string of the molecule is Cc1cc(C(=O)N[C@@H](Cc2ccccc2)c2nc3ccccc3[nH]2)ccc1N1CCNC1=O. The number of anilines is 1. The number of carbonyl (C=O) groups is 2.